The van der Waals surface area contributed by atoms with Crippen LogP contribution in [0, 0.1) is 45.3 Å². The summed E-state index contributed by atoms with van der Waals surface area (Å²) in [4.78, 5) is 23.2. The Balaban J connectivity index is 1.37. The zero-order chi connectivity index (χ0) is 27.2. The molecule has 10 atom stereocenters. The van der Waals surface area contributed by atoms with Crippen LogP contribution in [-0.2, 0) is 19.1 Å². The Labute approximate surface area is 224 Å². The van der Waals surface area contributed by atoms with Gasteiger partial charge < -0.3 is 14.6 Å². The van der Waals surface area contributed by atoms with E-state index >= 15 is 0 Å². The van der Waals surface area contributed by atoms with E-state index in [4.69, 9.17) is 9.47 Å². The smallest absolute Gasteiger partial charge is 0.306 e. The minimum Gasteiger partial charge on any atom is -0.481 e. The Morgan fingerprint density at radius 2 is 1.59 bits per heavy atom. The van der Waals surface area contributed by atoms with Crippen molar-refractivity contribution in [1.82, 2.24) is 0 Å². The summed E-state index contributed by atoms with van der Waals surface area (Å²) in [5, 5.41) is 9.28. The minimum atomic E-state index is -0.671. The molecule has 37 heavy (non-hydrogen) atoms. The van der Waals surface area contributed by atoms with E-state index < -0.39 is 5.97 Å². The summed E-state index contributed by atoms with van der Waals surface area (Å²) in [7, 11) is 0. The fourth-order valence-electron chi connectivity index (χ4n) is 11.4. The van der Waals surface area contributed by atoms with Crippen molar-refractivity contribution in [3.05, 3.63) is 0 Å². The highest BCUT2D eigenvalue weighted by atomic mass is 16.6. The molecule has 4 saturated carbocycles. The zero-order valence-corrected chi connectivity index (χ0v) is 24.7. The van der Waals surface area contributed by atoms with Gasteiger partial charge in [0.1, 0.15) is 17.3 Å². The average Bonchev–Trinajstić information content (AvgIpc) is 3.44. The molecule has 5 rings (SSSR count). The maximum atomic E-state index is 11.9. The number of aliphatic carboxylic acids is 1. The summed E-state index contributed by atoms with van der Waals surface area (Å²) in [6.45, 7) is 18.2. The molecule has 5 fully saturated rings. The maximum absolute atomic E-state index is 11.9. The summed E-state index contributed by atoms with van der Waals surface area (Å²) in [6, 6.07) is 0. The van der Waals surface area contributed by atoms with Gasteiger partial charge in [-0.2, -0.15) is 0 Å². The number of hydrogen-bond donors (Lipinski definition) is 1. The number of hydrogen-bond acceptors (Lipinski definition) is 4. The Morgan fingerprint density at radius 1 is 0.892 bits per heavy atom. The van der Waals surface area contributed by atoms with Crippen molar-refractivity contribution in [1.29, 1.82) is 0 Å². The van der Waals surface area contributed by atoms with Gasteiger partial charge in [0.15, 0.2) is 0 Å². The highest BCUT2D eigenvalue weighted by molar-refractivity contribution is 5.69. The van der Waals surface area contributed by atoms with Gasteiger partial charge in [-0.05, 0) is 81.0 Å². The van der Waals surface area contributed by atoms with Gasteiger partial charge in [0.2, 0.25) is 0 Å². The van der Waals surface area contributed by atoms with Crippen LogP contribution < -0.4 is 0 Å². The van der Waals surface area contributed by atoms with Crippen LogP contribution in [0.3, 0.4) is 0 Å². The first kappa shape index (κ1) is 27.5. The lowest BCUT2D eigenvalue weighted by Gasteiger charge is -2.64. The SMILES string of the molecule is CC(=O)O[C@H]1CC[C@@]2(C)[C@@H](CCC34OC32CC[C@]2(C)[C@@H]([C@H](C)CCCC(C)C(=O)O)CC[C@@]42C)C1(C)C. The number of carbonyl (C=O) groups excluding carboxylic acids is 1. The minimum absolute atomic E-state index is 0.00396. The molecule has 0 spiro atoms. The van der Waals surface area contributed by atoms with Gasteiger partial charge in [-0.3, -0.25) is 9.59 Å². The fourth-order valence-corrected chi connectivity index (χ4v) is 11.4. The van der Waals surface area contributed by atoms with Crippen LogP contribution in [0.4, 0.5) is 0 Å². The zero-order valence-electron chi connectivity index (χ0n) is 24.7. The third-order valence-corrected chi connectivity index (χ3v) is 13.7. The van der Waals surface area contributed by atoms with Crippen molar-refractivity contribution in [3.63, 3.8) is 0 Å². The number of esters is 1. The van der Waals surface area contributed by atoms with Crippen LogP contribution in [0.25, 0.3) is 0 Å². The molecule has 5 heteroatoms. The molecule has 0 radical (unpaired) electrons. The number of ether oxygens (including phenoxy) is 2. The van der Waals surface area contributed by atoms with E-state index in [0.29, 0.717) is 17.8 Å². The number of epoxide rings is 1. The van der Waals surface area contributed by atoms with Crippen molar-refractivity contribution in [2.24, 2.45) is 45.3 Å². The number of fused-ring (bicyclic) bond motifs is 2. The van der Waals surface area contributed by atoms with Crippen molar-refractivity contribution >= 4 is 11.9 Å². The summed E-state index contributed by atoms with van der Waals surface area (Å²) in [5.41, 5.74) is 0.452. The number of carboxylic acids is 1. The lowest BCUT2D eigenvalue weighted by molar-refractivity contribution is -0.184. The Bertz CT molecular complexity index is 959. The van der Waals surface area contributed by atoms with Crippen LogP contribution in [0.1, 0.15) is 126 Å². The molecule has 0 amide bonds. The summed E-state index contributed by atoms with van der Waals surface area (Å²) < 4.78 is 13.1. The van der Waals surface area contributed by atoms with E-state index in [0.717, 1.165) is 51.4 Å². The molecule has 0 aromatic rings. The van der Waals surface area contributed by atoms with Crippen molar-refractivity contribution in [2.45, 2.75) is 143 Å². The molecule has 210 valence electrons. The summed E-state index contributed by atoms with van der Waals surface area (Å²) >= 11 is 0. The van der Waals surface area contributed by atoms with E-state index in [1.54, 1.807) is 6.92 Å². The first-order valence-electron chi connectivity index (χ1n) is 15.2. The normalized spacial score (nSPS) is 49.0. The average molecular weight is 517 g/mol. The molecule has 1 heterocycles. The van der Waals surface area contributed by atoms with Crippen LogP contribution in [0.15, 0.2) is 0 Å². The largest absolute Gasteiger partial charge is 0.481 e. The van der Waals surface area contributed by atoms with Gasteiger partial charge >= 0.3 is 11.9 Å². The molecule has 0 aromatic carbocycles. The third kappa shape index (κ3) is 3.37. The quantitative estimate of drug-likeness (QED) is 0.282. The Kier molecular flexibility index (Phi) is 6.27. The molecule has 1 saturated heterocycles. The van der Waals surface area contributed by atoms with Gasteiger partial charge in [0.05, 0.1) is 5.92 Å². The molecule has 0 bridgehead atoms. The van der Waals surface area contributed by atoms with Gasteiger partial charge in [-0.15, -0.1) is 0 Å². The van der Waals surface area contributed by atoms with Crippen molar-refractivity contribution < 1.29 is 24.2 Å². The second-order valence-corrected chi connectivity index (χ2v) is 15.3. The highest BCUT2D eigenvalue weighted by Crippen LogP contribution is 2.86. The van der Waals surface area contributed by atoms with Gasteiger partial charge in [0.25, 0.3) is 0 Å². The third-order valence-electron chi connectivity index (χ3n) is 13.7. The first-order valence-corrected chi connectivity index (χ1v) is 15.2. The predicted octanol–water partition coefficient (Wildman–Crippen LogP) is 7.41. The van der Waals surface area contributed by atoms with Crippen LogP contribution >= 0.6 is 0 Å². The van der Waals surface area contributed by atoms with E-state index in [2.05, 4.69) is 41.5 Å². The standard InChI is InChI=1S/C32H52O5/c1-20(10-9-11-21(2)26(34)35)23-12-16-30(8)28(23,6)18-19-31-29(7)15-14-25(36-22(3)33)27(4,5)24(29)13-17-32(30,31)37-31/h20-21,23-25H,9-19H2,1-8H3,(H,34,35)/t20-,21?,23-,24+,25+,28-,29+,30-,31?,32?/m1/s1. The molecule has 0 aromatic heterocycles. The molecule has 4 aliphatic carbocycles. The van der Waals surface area contributed by atoms with Crippen LogP contribution in [0.2, 0.25) is 0 Å². The van der Waals surface area contributed by atoms with E-state index in [1.165, 1.54) is 19.3 Å². The lowest BCUT2D eigenvalue weighted by Crippen LogP contribution is -2.66. The molecular weight excluding hydrogens is 464 g/mol. The van der Waals surface area contributed by atoms with Crippen molar-refractivity contribution in [3.8, 4) is 0 Å². The molecule has 3 unspecified atom stereocenters. The van der Waals surface area contributed by atoms with Crippen LogP contribution in [0.5, 0.6) is 0 Å². The molecule has 5 aliphatic rings. The number of carboxylic acid groups (broad SMARTS) is 1. The van der Waals surface area contributed by atoms with Crippen LogP contribution in [-0.4, -0.2) is 34.4 Å². The highest BCUT2D eigenvalue weighted by Gasteiger charge is 2.90. The topological polar surface area (TPSA) is 76.1 Å². The number of carbonyl (C=O) groups is 2. The molecular formula is C32H52O5. The molecule has 1 aliphatic heterocycles. The Hall–Kier alpha value is -1.10. The Morgan fingerprint density at radius 3 is 2.24 bits per heavy atom. The lowest BCUT2D eigenvalue weighted by atomic mass is 9.38. The van der Waals surface area contributed by atoms with E-state index in [-0.39, 0.29) is 50.9 Å². The van der Waals surface area contributed by atoms with E-state index in [9.17, 15) is 14.7 Å². The first-order chi connectivity index (χ1) is 17.1. The monoisotopic (exact) mass is 516 g/mol. The second-order valence-electron chi connectivity index (χ2n) is 15.3. The van der Waals surface area contributed by atoms with Gasteiger partial charge in [0, 0.05) is 23.2 Å². The summed E-state index contributed by atoms with van der Waals surface area (Å²) in [5.74, 6) is 0.708. The fraction of sp³-hybridized carbons (Fsp3) is 0.938. The van der Waals surface area contributed by atoms with Gasteiger partial charge in [-0.25, -0.2) is 0 Å². The molecule has 5 nitrogen and oxygen atoms in total. The van der Waals surface area contributed by atoms with Gasteiger partial charge in [-0.1, -0.05) is 61.3 Å². The number of rotatable bonds is 7. The van der Waals surface area contributed by atoms with Crippen molar-refractivity contribution in [2.75, 3.05) is 0 Å². The maximum Gasteiger partial charge on any atom is 0.306 e. The second kappa shape index (κ2) is 8.45. The van der Waals surface area contributed by atoms with E-state index in [1.807, 2.05) is 6.92 Å². The predicted molar refractivity (Wildman–Crippen MR) is 144 cm³/mol. The summed E-state index contributed by atoms with van der Waals surface area (Å²) in [6.07, 6.45) is 12.1. The molecule has 1 N–H and O–H groups in total.